The topological polar surface area (TPSA) is 68.5 Å². The van der Waals surface area contributed by atoms with Crippen LogP contribution in [0.15, 0.2) is 30.2 Å². The molecule has 0 radical (unpaired) electrons. The zero-order valence-electron chi connectivity index (χ0n) is 10.6. The fourth-order valence-electron chi connectivity index (χ4n) is 1.66. The lowest BCUT2D eigenvalue weighted by molar-refractivity contribution is 0.889. The van der Waals surface area contributed by atoms with Gasteiger partial charge in [-0.25, -0.2) is 4.98 Å². The van der Waals surface area contributed by atoms with Gasteiger partial charge in [0.2, 0.25) is 17.2 Å². The van der Waals surface area contributed by atoms with E-state index < -0.39 is 0 Å². The first-order chi connectivity index (χ1) is 9.72. The number of halogens is 1. The van der Waals surface area contributed by atoms with E-state index in [-0.39, 0.29) is 5.28 Å². The number of anilines is 1. The minimum absolute atomic E-state index is 0.147. The number of thiophene rings is 1. The van der Waals surface area contributed by atoms with Gasteiger partial charge in [-0.3, -0.25) is 4.57 Å². The molecule has 0 saturated carbocycles. The summed E-state index contributed by atoms with van der Waals surface area (Å²) in [6.07, 6.45) is 5.01. The lowest BCUT2D eigenvalue weighted by atomic mass is 10.3. The lowest BCUT2D eigenvalue weighted by Gasteiger charge is -2.06. The second-order valence-electron chi connectivity index (χ2n) is 4.08. The lowest BCUT2D eigenvalue weighted by Crippen LogP contribution is -2.08. The molecule has 3 heterocycles. The highest BCUT2D eigenvalue weighted by Crippen LogP contribution is 2.17. The molecular weight excluding hydrogens is 296 g/mol. The fraction of sp³-hybridized carbons (Fsp3) is 0.167. The van der Waals surface area contributed by atoms with E-state index in [9.17, 15) is 0 Å². The molecule has 3 aromatic heterocycles. The molecule has 6 nitrogen and oxygen atoms in total. The quantitative estimate of drug-likeness (QED) is 0.802. The molecule has 102 valence electrons. The van der Waals surface area contributed by atoms with E-state index in [1.807, 2.05) is 0 Å². The molecule has 0 spiro atoms. The van der Waals surface area contributed by atoms with E-state index in [1.54, 1.807) is 34.6 Å². The van der Waals surface area contributed by atoms with Gasteiger partial charge >= 0.3 is 0 Å². The summed E-state index contributed by atoms with van der Waals surface area (Å²) in [4.78, 5) is 17.7. The normalized spacial score (nSPS) is 10.7. The van der Waals surface area contributed by atoms with Crippen molar-refractivity contribution in [2.45, 2.75) is 13.5 Å². The van der Waals surface area contributed by atoms with E-state index >= 15 is 0 Å². The van der Waals surface area contributed by atoms with Gasteiger partial charge in [-0.05, 0) is 35.5 Å². The van der Waals surface area contributed by atoms with Crippen LogP contribution >= 0.6 is 22.9 Å². The summed E-state index contributed by atoms with van der Waals surface area (Å²) in [6.45, 7) is 2.73. The van der Waals surface area contributed by atoms with Gasteiger partial charge in [0.1, 0.15) is 6.33 Å². The van der Waals surface area contributed by atoms with Gasteiger partial charge in [0.05, 0.1) is 6.54 Å². The van der Waals surface area contributed by atoms with Gasteiger partial charge in [0.25, 0.3) is 0 Å². The molecule has 0 amide bonds. The van der Waals surface area contributed by atoms with Crippen molar-refractivity contribution in [2.75, 3.05) is 5.32 Å². The van der Waals surface area contributed by atoms with Gasteiger partial charge in [0.15, 0.2) is 0 Å². The number of imidazole rings is 1. The Morgan fingerprint density at radius 3 is 2.95 bits per heavy atom. The summed E-state index contributed by atoms with van der Waals surface area (Å²) in [6, 6.07) is 2.08. The first-order valence-corrected chi connectivity index (χ1v) is 7.15. The Morgan fingerprint density at radius 2 is 2.25 bits per heavy atom. The van der Waals surface area contributed by atoms with Crippen LogP contribution in [0.3, 0.4) is 0 Å². The van der Waals surface area contributed by atoms with Crippen molar-refractivity contribution in [3.05, 3.63) is 45.9 Å². The second-order valence-corrected chi connectivity index (χ2v) is 5.42. The smallest absolute Gasteiger partial charge is 0.241 e. The minimum Gasteiger partial charge on any atom is -0.349 e. The zero-order valence-corrected chi connectivity index (χ0v) is 12.2. The molecular formula is C12H11ClN6S. The number of aryl methyl sites for hydroxylation is 1. The second kappa shape index (κ2) is 5.56. The number of aromatic nitrogens is 5. The van der Waals surface area contributed by atoms with Crippen molar-refractivity contribution in [1.82, 2.24) is 24.5 Å². The molecule has 0 atom stereocenters. The molecule has 0 saturated heterocycles. The molecule has 20 heavy (non-hydrogen) atoms. The minimum atomic E-state index is 0.147. The van der Waals surface area contributed by atoms with Gasteiger partial charge in [0, 0.05) is 17.3 Å². The van der Waals surface area contributed by atoms with Crippen molar-refractivity contribution in [3.8, 4) is 5.95 Å². The monoisotopic (exact) mass is 306 g/mol. The Balaban J connectivity index is 1.81. The van der Waals surface area contributed by atoms with Crippen LogP contribution in [-0.4, -0.2) is 24.5 Å². The van der Waals surface area contributed by atoms with Crippen LogP contribution in [0.4, 0.5) is 5.95 Å². The van der Waals surface area contributed by atoms with Crippen LogP contribution in [-0.2, 0) is 6.54 Å². The van der Waals surface area contributed by atoms with Crippen molar-refractivity contribution >= 4 is 28.9 Å². The predicted octanol–water partition coefficient (Wildman–Crippen LogP) is 2.69. The Kier molecular flexibility index (Phi) is 3.62. The third-order valence-electron chi connectivity index (χ3n) is 2.71. The number of hydrogen-bond donors (Lipinski definition) is 1. The van der Waals surface area contributed by atoms with Crippen LogP contribution in [0.1, 0.15) is 10.4 Å². The van der Waals surface area contributed by atoms with Crippen LogP contribution < -0.4 is 5.32 Å². The zero-order chi connectivity index (χ0) is 13.9. The maximum atomic E-state index is 5.93. The van der Waals surface area contributed by atoms with Crippen LogP contribution in [0, 0.1) is 6.92 Å². The number of rotatable bonds is 4. The van der Waals surface area contributed by atoms with Crippen LogP contribution in [0.2, 0.25) is 5.28 Å². The summed E-state index contributed by atoms with van der Waals surface area (Å²) in [5.74, 6) is 0.884. The highest BCUT2D eigenvalue weighted by molar-refractivity contribution is 7.10. The summed E-state index contributed by atoms with van der Waals surface area (Å²) in [5, 5.41) is 5.37. The SMILES string of the molecule is Cc1ccsc1CNc1nc(Cl)nc(-n2ccnc2)n1. The van der Waals surface area contributed by atoms with Gasteiger partial charge in [-0.1, -0.05) is 0 Å². The molecule has 8 heteroatoms. The van der Waals surface area contributed by atoms with E-state index in [0.29, 0.717) is 18.4 Å². The Labute approximate surface area is 124 Å². The summed E-state index contributed by atoms with van der Waals surface area (Å²) >= 11 is 7.62. The molecule has 0 aliphatic heterocycles. The molecule has 0 unspecified atom stereocenters. The molecule has 1 N–H and O–H groups in total. The van der Waals surface area contributed by atoms with E-state index in [4.69, 9.17) is 11.6 Å². The maximum Gasteiger partial charge on any atom is 0.241 e. The molecule has 3 rings (SSSR count). The van der Waals surface area contributed by atoms with Crippen molar-refractivity contribution in [1.29, 1.82) is 0 Å². The largest absolute Gasteiger partial charge is 0.349 e. The Hall–Kier alpha value is -1.99. The van der Waals surface area contributed by atoms with E-state index in [0.717, 1.165) is 0 Å². The third-order valence-corrected chi connectivity index (χ3v) is 3.90. The predicted molar refractivity (Wildman–Crippen MR) is 78.3 cm³/mol. The molecule has 0 fully saturated rings. The summed E-state index contributed by atoms with van der Waals surface area (Å²) in [7, 11) is 0. The fourth-order valence-corrected chi connectivity index (χ4v) is 2.66. The molecule has 0 aliphatic rings. The van der Waals surface area contributed by atoms with Gasteiger partial charge in [-0.15, -0.1) is 11.3 Å². The van der Waals surface area contributed by atoms with Crippen molar-refractivity contribution < 1.29 is 0 Å². The molecule has 0 bridgehead atoms. The van der Waals surface area contributed by atoms with Crippen LogP contribution in [0.5, 0.6) is 0 Å². The standard InChI is InChI=1S/C12H11ClN6S/c1-8-2-5-20-9(8)6-15-11-16-10(13)17-12(18-11)19-4-3-14-7-19/h2-5,7H,6H2,1H3,(H,15,16,17,18). The Bertz CT molecular complexity index is 709. The number of hydrogen-bond acceptors (Lipinski definition) is 6. The molecule has 0 aliphatic carbocycles. The first kappa shape index (κ1) is 13.0. The average molecular weight is 307 g/mol. The number of nitrogens with zero attached hydrogens (tertiary/aromatic N) is 5. The number of nitrogens with one attached hydrogen (secondary N) is 1. The van der Waals surface area contributed by atoms with Gasteiger partial charge in [-0.2, -0.15) is 15.0 Å². The van der Waals surface area contributed by atoms with Crippen molar-refractivity contribution in [3.63, 3.8) is 0 Å². The molecule has 0 aromatic carbocycles. The van der Waals surface area contributed by atoms with Gasteiger partial charge < -0.3 is 5.32 Å². The third kappa shape index (κ3) is 2.78. The van der Waals surface area contributed by atoms with E-state index in [1.165, 1.54) is 10.4 Å². The first-order valence-electron chi connectivity index (χ1n) is 5.89. The van der Waals surface area contributed by atoms with Crippen molar-refractivity contribution in [2.24, 2.45) is 0 Å². The Morgan fingerprint density at radius 1 is 1.35 bits per heavy atom. The summed E-state index contributed by atoms with van der Waals surface area (Å²) < 4.78 is 1.68. The maximum absolute atomic E-state index is 5.93. The molecule has 3 aromatic rings. The summed E-state index contributed by atoms with van der Waals surface area (Å²) in [5.41, 5.74) is 1.25. The highest BCUT2D eigenvalue weighted by Gasteiger charge is 2.07. The highest BCUT2D eigenvalue weighted by atomic mass is 35.5. The van der Waals surface area contributed by atoms with E-state index in [2.05, 4.69) is 43.6 Å². The van der Waals surface area contributed by atoms with Crippen LogP contribution in [0.25, 0.3) is 5.95 Å². The average Bonchev–Trinajstić information content (AvgIpc) is 3.07.